The number of hydrogen-bond donors (Lipinski definition) is 3. The molecule has 146 valence electrons. The molecule has 1 saturated carbocycles. The van der Waals surface area contributed by atoms with E-state index in [-0.39, 0.29) is 23.6 Å². The van der Waals surface area contributed by atoms with Gasteiger partial charge in [0, 0.05) is 40.0 Å². The van der Waals surface area contributed by atoms with Crippen molar-refractivity contribution < 1.29 is 14.4 Å². The fourth-order valence-corrected chi connectivity index (χ4v) is 3.18. The number of rotatable bonds is 6. The molecule has 0 spiro atoms. The van der Waals surface area contributed by atoms with E-state index < -0.39 is 0 Å². The minimum atomic E-state index is -0.273. The topological polar surface area (TPSA) is 100 Å². The van der Waals surface area contributed by atoms with Crippen molar-refractivity contribution in [2.24, 2.45) is 5.92 Å². The van der Waals surface area contributed by atoms with Crippen LogP contribution in [0.2, 0.25) is 0 Å². The SMILES string of the molecule is O=C(Nc1ccc(C(=O)Nc2nccs2)cc1)c1ccc(NC(=O)C2CC2)cc1. The van der Waals surface area contributed by atoms with E-state index in [2.05, 4.69) is 20.9 Å². The molecule has 0 bridgehead atoms. The maximum absolute atomic E-state index is 12.4. The number of nitrogens with zero attached hydrogens (tertiary/aromatic N) is 1. The van der Waals surface area contributed by atoms with Crippen LogP contribution in [-0.2, 0) is 4.79 Å². The van der Waals surface area contributed by atoms with Gasteiger partial charge in [-0.1, -0.05) is 0 Å². The van der Waals surface area contributed by atoms with Crippen molar-refractivity contribution in [2.45, 2.75) is 12.8 Å². The Morgan fingerprint density at radius 1 is 0.793 bits per heavy atom. The van der Waals surface area contributed by atoms with Gasteiger partial charge in [0.2, 0.25) is 5.91 Å². The standard InChI is InChI=1S/C21H18N4O3S/c26-18(13-1-2-13)23-16-7-3-14(4-8-16)19(27)24-17-9-5-15(6-10-17)20(28)25-21-22-11-12-29-21/h3-13H,1-2H2,(H,23,26)(H,24,27)(H,22,25,28). The Morgan fingerprint density at radius 2 is 1.34 bits per heavy atom. The summed E-state index contributed by atoms with van der Waals surface area (Å²) < 4.78 is 0. The molecule has 1 heterocycles. The Kier molecular flexibility index (Phi) is 5.35. The lowest BCUT2D eigenvalue weighted by Crippen LogP contribution is -2.15. The number of amides is 3. The van der Waals surface area contributed by atoms with Gasteiger partial charge in [-0.2, -0.15) is 0 Å². The quantitative estimate of drug-likeness (QED) is 0.576. The highest BCUT2D eigenvalue weighted by atomic mass is 32.1. The van der Waals surface area contributed by atoms with Crippen LogP contribution >= 0.6 is 11.3 Å². The number of benzene rings is 2. The van der Waals surface area contributed by atoms with Gasteiger partial charge in [0.05, 0.1) is 0 Å². The Morgan fingerprint density at radius 3 is 1.86 bits per heavy atom. The molecule has 1 aliphatic carbocycles. The minimum absolute atomic E-state index is 0.0289. The van der Waals surface area contributed by atoms with Crippen molar-refractivity contribution in [3.05, 3.63) is 71.2 Å². The lowest BCUT2D eigenvalue weighted by atomic mass is 10.1. The number of carbonyl (C=O) groups excluding carboxylic acids is 3. The molecule has 4 rings (SSSR count). The first-order valence-electron chi connectivity index (χ1n) is 9.12. The van der Waals surface area contributed by atoms with E-state index in [4.69, 9.17) is 0 Å². The maximum atomic E-state index is 12.4. The van der Waals surface area contributed by atoms with Crippen LogP contribution < -0.4 is 16.0 Å². The zero-order valence-corrected chi connectivity index (χ0v) is 16.2. The number of thiazole rings is 1. The van der Waals surface area contributed by atoms with Crippen LogP contribution in [-0.4, -0.2) is 22.7 Å². The molecule has 0 atom stereocenters. The third-order valence-corrected chi connectivity index (χ3v) is 5.11. The molecule has 8 heteroatoms. The first kappa shape index (κ1) is 18.8. The largest absolute Gasteiger partial charge is 0.326 e. The highest BCUT2D eigenvalue weighted by Crippen LogP contribution is 2.30. The van der Waals surface area contributed by atoms with Gasteiger partial charge in [-0.25, -0.2) is 4.98 Å². The molecule has 29 heavy (non-hydrogen) atoms. The minimum Gasteiger partial charge on any atom is -0.326 e. The smallest absolute Gasteiger partial charge is 0.257 e. The summed E-state index contributed by atoms with van der Waals surface area (Å²) in [6, 6.07) is 13.3. The van der Waals surface area contributed by atoms with Gasteiger partial charge in [0.15, 0.2) is 5.13 Å². The van der Waals surface area contributed by atoms with Crippen molar-refractivity contribution >= 4 is 45.6 Å². The number of carbonyl (C=O) groups is 3. The number of nitrogens with one attached hydrogen (secondary N) is 3. The van der Waals surface area contributed by atoms with Crippen LogP contribution in [0.25, 0.3) is 0 Å². The predicted octanol–water partition coefficient (Wildman–Crippen LogP) is 4.00. The van der Waals surface area contributed by atoms with Crippen LogP contribution in [0.4, 0.5) is 16.5 Å². The number of anilines is 3. The molecule has 0 radical (unpaired) electrons. The van der Waals surface area contributed by atoms with E-state index in [0.29, 0.717) is 27.6 Å². The van der Waals surface area contributed by atoms with Gasteiger partial charge in [0.25, 0.3) is 11.8 Å². The third kappa shape index (κ3) is 4.85. The molecule has 1 fully saturated rings. The maximum Gasteiger partial charge on any atom is 0.257 e. The second kappa shape index (κ2) is 8.24. The van der Waals surface area contributed by atoms with E-state index in [9.17, 15) is 14.4 Å². The molecular weight excluding hydrogens is 388 g/mol. The fraction of sp³-hybridized carbons (Fsp3) is 0.143. The normalized spacial score (nSPS) is 12.8. The van der Waals surface area contributed by atoms with E-state index in [1.54, 1.807) is 60.1 Å². The highest BCUT2D eigenvalue weighted by Gasteiger charge is 2.29. The molecule has 0 saturated heterocycles. The Bertz CT molecular complexity index is 1030. The van der Waals surface area contributed by atoms with E-state index in [0.717, 1.165) is 12.8 Å². The zero-order valence-electron chi connectivity index (χ0n) is 15.3. The average molecular weight is 406 g/mol. The van der Waals surface area contributed by atoms with E-state index >= 15 is 0 Å². The van der Waals surface area contributed by atoms with Crippen molar-refractivity contribution in [1.82, 2.24) is 4.98 Å². The Hall–Kier alpha value is -3.52. The lowest BCUT2D eigenvalue weighted by Gasteiger charge is -2.08. The van der Waals surface area contributed by atoms with Crippen LogP contribution in [0, 0.1) is 5.92 Å². The van der Waals surface area contributed by atoms with Crippen molar-refractivity contribution in [3.63, 3.8) is 0 Å². The second-order valence-corrected chi connectivity index (χ2v) is 7.56. The summed E-state index contributed by atoms with van der Waals surface area (Å²) >= 11 is 1.34. The third-order valence-electron chi connectivity index (χ3n) is 4.42. The van der Waals surface area contributed by atoms with Crippen LogP contribution in [0.3, 0.4) is 0 Å². The summed E-state index contributed by atoms with van der Waals surface area (Å²) in [5.41, 5.74) is 2.19. The molecule has 3 aromatic rings. The fourth-order valence-electron chi connectivity index (χ4n) is 2.66. The first-order chi connectivity index (χ1) is 14.1. The lowest BCUT2D eigenvalue weighted by molar-refractivity contribution is -0.117. The second-order valence-electron chi connectivity index (χ2n) is 6.66. The molecule has 7 nitrogen and oxygen atoms in total. The molecule has 1 aliphatic rings. The van der Waals surface area contributed by atoms with Crippen LogP contribution in [0.1, 0.15) is 33.6 Å². The van der Waals surface area contributed by atoms with Crippen molar-refractivity contribution in [2.75, 3.05) is 16.0 Å². The predicted molar refractivity (Wildman–Crippen MR) is 112 cm³/mol. The Balaban J connectivity index is 1.34. The van der Waals surface area contributed by atoms with Gasteiger partial charge in [0.1, 0.15) is 0 Å². The van der Waals surface area contributed by atoms with Crippen molar-refractivity contribution in [3.8, 4) is 0 Å². The molecule has 2 aromatic carbocycles. The summed E-state index contributed by atoms with van der Waals surface area (Å²) in [6.45, 7) is 0. The summed E-state index contributed by atoms with van der Waals surface area (Å²) in [7, 11) is 0. The molecule has 0 unspecified atom stereocenters. The van der Waals surface area contributed by atoms with Gasteiger partial charge in [-0.15, -0.1) is 11.3 Å². The number of hydrogen-bond acceptors (Lipinski definition) is 5. The highest BCUT2D eigenvalue weighted by molar-refractivity contribution is 7.13. The zero-order chi connectivity index (χ0) is 20.2. The molecule has 3 N–H and O–H groups in total. The summed E-state index contributed by atoms with van der Waals surface area (Å²) in [4.78, 5) is 40.4. The Labute approximate surface area is 171 Å². The van der Waals surface area contributed by atoms with E-state index in [1.807, 2.05) is 0 Å². The van der Waals surface area contributed by atoms with Crippen LogP contribution in [0.15, 0.2) is 60.1 Å². The van der Waals surface area contributed by atoms with Gasteiger partial charge in [-0.05, 0) is 61.4 Å². The summed E-state index contributed by atoms with van der Waals surface area (Å²) in [6.07, 6.45) is 3.50. The van der Waals surface area contributed by atoms with Gasteiger partial charge < -0.3 is 10.6 Å². The van der Waals surface area contributed by atoms with Gasteiger partial charge >= 0.3 is 0 Å². The first-order valence-corrected chi connectivity index (χ1v) is 9.99. The van der Waals surface area contributed by atoms with Crippen LogP contribution in [0.5, 0.6) is 0 Å². The molecule has 0 aliphatic heterocycles. The summed E-state index contributed by atoms with van der Waals surface area (Å²) in [5.74, 6) is -0.377. The molecule has 1 aromatic heterocycles. The van der Waals surface area contributed by atoms with Gasteiger partial charge in [-0.3, -0.25) is 19.7 Å². The molecule has 3 amide bonds. The average Bonchev–Trinajstić information content (AvgIpc) is 3.47. The van der Waals surface area contributed by atoms with Crippen molar-refractivity contribution in [1.29, 1.82) is 0 Å². The monoisotopic (exact) mass is 406 g/mol. The van der Waals surface area contributed by atoms with E-state index in [1.165, 1.54) is 11.3 Å². The summed E-state index contributed by atoms with van der Waals surface area (Å²) in [5, 5.41) is 10.6. The number of aromatic nitrogens is 1. The molecular formula is C21H18N4O3S.